The Kier molecular flexibility index (Phi) is 5.84. The minimum absolute atomic E-state index is 0.0101. The number of hydrogen-bond acceptors (Lipinski definition) is 3. The van der Waals surface area contributed by atoms with Crippen molar-refractivity contribution in [3.63, 3.8) is 0 Å². The fraction of sp³-hybridized carbons (Fsp3) is 0.882. The summed E-state index contributed by atoms with van der Waals surface area (Å²) in [5, 5.41) is 2.99. The van der Waals surface area contributed by atoms with Crippen LogP contribution in [0.1, 0.15) is 58.8 Å². The average molecular weight is 309 g/mol. The molecule has 22 heavy (non-hydrogen) atoms. The molecule has 0 aromatic heterocycles. The van der Waals surface area contributed by atoms with Crippen LogP contribution >= 0.6 is 0 Å². The van der Waals surface area contributed by atoms with Crippen LogP contribution in [0.15, 0.2) is 0 Å². The van der Waals surface area contributed by atoms with Gasteiger partial charge in [-0.15, -0.1) is 0 Å². The molecule has 0 radical (unpaired) electrons. The third-order valence-corrected chi connectivity index (χ3v) is 5.07. The molecule has 0 spiro atoms. The maximum absolute atomic E-state index is 12.8. The number of amides is 2. The van der Waals surface area contributed by atoms with Gasteiger partial charge in [0.05, 0.1) is 5.54 Å². The number of nitrogens with one attached hydrogen (secondary N) is 1. The molecule has 2 rings (SSSR count). The van der Waals surface area contributed by atoms with Gasteiger partial charge in [0.15, 0.2) is 0 Å². The molecule has 1 unspecified atom stereocenters. The van der Waals surface area contributed by atoms with Gasteiger partial charge in [-0.05, 0) is 31.6 Å². The largest absolute Gasteiger partial charge is 0.356 e. The molecule has 1 atom stereocenters. The van der Waals surface area contributed by atoms with E-state index in [4.69, 9.17) is 5.73 Å². The number of rotatable bonds is 4. The first-order valence-corrected chi connectivity index (χ1v) is 8.78. The van der Waals surface area contributed by atoms with Gasteiger partial charge < -0.3 is 16.0 Å². The Hall–Kier alpha value is -1.10. The molecule has 5 heteroatoms. The molecule has 2 aliphatic rings. The van der Waals surface area contributed by atoms with Gasteiger partial charge in [-0.2, -0.15) is 0 Å². The third kappa shape index (κ3) is 4.22. The molecule has 0 bridgehead atoms. The second-order valence-corrected chi connectivity index (χ2v) is 7.38. The standard InChI is InChI=1S/C17H31N3O2/c1-13(2)15(21)19-11-14-7-6-10-20(12-14)16(22)17(18)8-4-3-5-9-17/h13-14H,3-12,18H2,1-2H3,(H,19,21). The molecule has 0 aromatic rings. The zero-order valence-corrected chi connectivity index (χ0v) is 14.1. The second kappa shape index (κ2) is 7.44. The van der Waals surface area contributed by atoms with Crippen molar-refractivity contribution in [1.29, 1.82) is 0 Å². The van der Waals surface area contributed by atoms with Crippen LogP contribution in [-0.4, -0.2) is 41.9 Å². The van der Waals surface area contributed by atoms with Gasteiger partial charge in [0.2, 0.25) is 11.8 Å². The number of likely N-dealkylation sites (tertiary alicyclic amines) is 1. The van der Waals surface area contributed by atoms with Gasteiger partial charge in [0.25, 0.3) is 0 Å². The van der Waals surface area contributed by atoms with E-state index in [1.807, 2.05) is 18.7 Å². The molecule has 2 fully saturated rings. The molecule has 1 saturated heterocycles. The van der Waals surface area contributed by atoms with Gasteiger partial charge in [0.1, 0.15) is 0 Å². The van der Waals surface area contributed by atoms with Gasteiger partial charge in [-0.3, -0.25) is 9.59 Å². The van der Waals surface area contributed by atoms with E-state index >= 15 is 0 Å². The molecule has 5 nitrogen and oxygen atoms in total. The summed E-state index contributed by atoms with van der Waals surface area (Å²) >= 11 is 0. The highest BCUT2D eigenvalue weighted by Gasteiger charge is 2.39. The van der Waals surface area contributed by atoms with Crippen LogP contribution in [0, 0.1) is 11.8 Å². The lowest BCUT2D eigenvalue weighted by Gasteiger charge is -2.40. The summed E-state index contributed by atoms with van der Waals surface area (Å²) in [7, 11) is 0. The number of hydrogen-bond donors (Lipinski definition) is 2. The van der Waals surface area contributed by atoms with E-state index in [2.05, 4.69) is 5.32 Å². The van der Waals surface area contributed by atoms with Crippen molar-refractivity contribution in [1.82, 2.24) is 10.2 Å². The van der Waals surface area contributed by atoms with Gasteiger partial charge in [-0.1, -0.05) is 33.1 Å². The Bertz CT molecular complexity index is 403. The number of carbonyl (C=O) groups is 2. The third-order valence-electron chi connectivity index (χ3n) is 5.07. The van der Waals surface area contributed by atoms with Crippen LogP contribution in [0.2, 0.25) is 0 Å². The van der Waals surface area contributed by atoms with Crippen molar-refractivity contribution in [2.75, 3.05) is 19.6 Å². The van der Waals surface area contributed by atoms with Crippen LogP contribution < -0.4 is 11.1 Å². The zero-order chi connectivity index (χ0) is 16.2. The van der Waals surface area contributed by atoms with Crippen molar-refractivity contribution >= 4 is 11.8 Å². The molecule has 3 N–H and O–H groups in total. The topological polar surface area (TPSA) is 75.4 Å². The van der Waals surface area contributed by atoms with Crippen LogP contribution in [-0.2, 0) is 9.59 Å². The van der Waals surface area contributed by atoms with E-state index in [1.54, 1.807) is 0 Å². The van der Waals surface area contributed by atoms with Crippen molar-refractivity contribution < 1.29 is 9.59 Å². The maximum Gasteiger partial charge on any atom is 0.242 e. The van der Waals surface area contributed by atoms with Gasteiger partial charge >= 0.3 is 0 Å². The fourth-order valence-corrected chi connectivity index (χ4v) is 3.58. The van der Waals surface area contributed by atoms with E-state index in [9.17, 15) is 9.59 Å². The van der Waals surface area contributed by atoms with Crippen molar-refractivity contribution in [3.05, 3.63) is 0 Å². The summed E-state index contributed by atoms with van der Waals surface area (Å²) < 4.78 is 0. The summed E-state index contributed by atoms with van der Waals surface area (Å²) in [6.45, 7) is 6.00. The molecule has 1 saturated carbocycles. The number of carbonyl (C=O) groups excluding carboxylic acids is 2. The summed E-state index contributed by atoms with van der Waals surface area (Å²) in [6, 6.07) is 0. The summed E-state index contributed by atoms with van der Waals surface area (Å²) in [5.74, 6) is 0.585. The predicted octanol–water partition coefficient (Wildman–Crippen LogP) is 1.66. The molecular weight excluding hydrogens is 278 g/mol. The van der Waals surface area contributed by atoms with Crippen LogP contribution in [0.25, 0.3) is 0 Å². The molecule has 1 aliphatic heterocycles. The second-order valence-electron chi connectivity index (χ2n) is 7.38. The molecule has 2 amide bonds. The van der Waals surface area contributed by atoms with E-state index in [0.29, 0.717) is 12.5 Å². The van der Waals surface area contributed by atoms with E-state index in [-0.39, 0.29) is 17.7 Å². The summed E-state index contributed by atoms with van der Waals surface area (Å²) in [6.07, 6.45) is 7.02. The van der Waals surface area contributed by atoms with Crippen molar-refractivity contribution in [2.45, 2.75) is 64.3 Å². The van der Waals surface area contributed by atoms with E-state index in [0.717, 1.165) is 51.6 Å². The molecule has 1 aliphatic carbocycles. The summed E-state index contributed by atoms with van der Waals surface area (Å²) in [4.78, 5) is 26.4. The van der Waals surface area contributed by atoms with Gasteiger partial charge in [-0.25, -0.2) is 0 Å². The first-order valence-electron chi connectivity index (χ1n) is 8.78. The Labute approximate surface area is 134 Å². The monoisotopic (exact) mass is 309 g/mol. The highest BCUT2D eigenvalue weighted by Crippen LogP contribution is 2.29. The lowest BCUT2D eigenvalue weighted by atomic mass is 9.81. The van der Waals surface area contributed by atoms with Crippen LogP contribution in [0.5, 0.6) is 0 Å². The minimum atomic E-state index is -0.638. The Morgan fingerprint density at radius 1 is 1.23 bits per heavy atom. The molecule has 1 heterocycles. The van der Waals surface area contributed by atoms with Crippen molar-refractivity contribution in [2.24, 2.45) is 17.6 Å². The first kappa shape index (κ1) is 17.3. The minimum Gasteiger partial charge on any atom is -0.356 e. The molecule has 0 aromatic carbocycles. The fourth-order valence-electron chi connectivity index (χ4n) is 3.58. The quantitative estimate of drug-likeness (QED) is 0.829. The van der Waals surface area contributed by atoms with Crippen LogP contribution in [0.4, 0.5) is 0 Å². The zero-order valence-electron chi connectivity index (χ0n) is 14.1. The smallest absolute Gasteiger partial charge is 0.242 e. The molecule has 126 valence electrons. The highest BCUT2D eigenvalue weighted by atomic mass is 16.2. The lowest BCUT2D eigenvalue weighted by Crippen LogP contribution is -2.58. The Morgan fingerprint density at radius 3 is 2.55 bits per heavy atom. The predicted molar refractivity (Wildman–Crippen MR) is 87.2 cm³/mol. The molecular formula is C17H31N3O2. The van der Waals surface area contributed by atoms with Crippen molar-refractivity contribution in [3.8, 4) is 0 Å². The average Bonchev–Trinajstić information content (AvgIpc) is 2.52. The summed E-state index contributed by atoms with van der Waals surface area (Å²) in [5.41, 5.74) is 5.74. The Morgan fingerprint density at radius 2 is 1.91 bits per heavy atom. The van der Waals surface area contributed by atoms with E-state index in [1.165, 1.54) is 6.42 Å². The van der Waals surface area contributed by atoms with Gasteiger partial charge in [0, 0.05) is 25.6 Å². The maximum atomic E-state index is 12.8. The SMILES string of the molecule is CC(C)C(=O)NCC1CCCN(C(=O)C2(N)CCCCC2)C1. The first-order chi connectivity index (χ1) is 10.4. The van der Waals surface area contributed by atoms with Crippen LogP contribution in [0.3, 0.4) is 0 Å². The number of nitrogens with two attached hydrogens (primary N) is 1. The lowest BCUT2D eigenvalue weighted by molar-refractivity contribution is -0.140. The number of piperidine rings is 1. The Balaban J connectivity index is 1.87. The normalized spacial score (nSPS) is 25.1. The highest BCUT2D eigenvalue weighted by molar-refractivity contribution is 5.86. The number of nitrogens with zero attached hydrogens (tertiary/aromatic N) is 1. The van der Waals surface area contributed by atoms with E-state index < -0.39 is 5.54 Å².